The Balaban J connectivity index is 1.75. The molecule has 1 aromatic heterocycles. The van der Waals surface area contributed by atoms with Gasteiger partial charge < -0.3 is 5.11 Å². The molecule has 1 aromatic rings. The van der Waals surface area contributed by atoms with Gasteiger partial charge in [-0.2, -0.15) is 0 Å². The quantitative estimate of drug-likeness (QED) is 0.812. The Labute approximate surface area is 89.8 Å². The first-order valence-electron chi connectivity index (χ1n) is 5.55. The summed E-state index contributed by atoms with van der Waals surface area (Å²) in [7, 11) is 0. The topological polar surface area (TPSA) is 20.2 Å². The first kappa shape index (κ1) is 10.2. The van der Waals surface area contributed by atoms with E-state index in [9.17, 15) is 5.11 Å². The fraction of sp³-hybridized carbons (Fsp3) is 0.667. The maximum atomic E-state index is 9.54. The molecule has 1 heterocycles. The molecule has 14 heavy (non-hydrogen) atoms. The van der Waals surface area contributed by atoms with Crippen molar-refractivity contribution in [2.24, 2.45) is 5.92 Å². The molecule has 1 nitrogen and oxygen atoms in total. The molecule has 0 radical (unpaired) electrons. The Kier molecular flexibility index (Phi) is 3.60. The van der Waals surface area contributed by atoms with Crippen LogP contribution in [0.5, 0.6) is 0 Å². The van der Waals surface area contributed by atoms with Crippen molar-refractivity contribution < 1.29 is 5.11 Å². The molecule has 0 aliphatic heterocycles. The van der Waals surface area contributed by atoms with E-state index in [4.69, 9.17) is 0 Å². The van der Waals surface area contributed by atoms with E-state index < -0.39 is 0 Å². The van der Waals surface area contributed by atoms with E-state index in [1.165, 1.54) is 30.6 Å². The molecule has 0 amide bonds. The van der Waals surface area contributed by atoms with Gasteiger partial charge in [-0.25, -0.2) is 0 Å². The van der Waals surface area contributed by atoms with Crippen LogP contribution < -0.4 is 0 Å². The molecular weight excluding hydrogens is 192 g/mol. The molecule has 0 spiro atoms. The Morgan fingerprint density at radius 3 is 3.07 bits per heavy atom. The van der Waals surface area contributed by atoms with Crippen molar-refractivity contribution in [1.82, 2.24) is 0 Å². The lowest BCUT2D eigenvalue weighted by Crippen LogP contribution is -2.19. The van der Waals surface area contributed by atoms with Crippen LogP contribution in [-0.2, 0) is 6.42 Å². The molecule has 2 atom stereocenters. The number of hydrogen-bond acceptors (Lipinski definition) is 2. The van der Waals surface area contributed by atoms with Crippen LogP contribution >= 0.6 is 11.3 Å². The van der Waals surface area contributed by atoms with E-state index in [2.05, 4.69) is 17.5 Å². The normalized spacial score (nSPS) is 27.8. The zero-order chi connectivity index (χ0) is 9.80. The number of rotatable bonds is 3. The van der Waals surface area contributed by atoms with Gasteiger partial charge in [0.25, 0.3) is 0 Å². The van der Waals surface area contributed by atoms with Crippen molar-refractivity contribution in [2.45, 2.75) is 44.6 Å². The van der Waals surface area contributed by atoms with Gasteiger partial charge in [-0.05, 0) is 43.0 Å². The van der Waals surface area contributed by atoms with Crippen molar-refractivity contribution in [1.29, 1.82) is 0 Å². The van der Waals surface area contributed by atoms with Gasteiger partial charge in [0.2, 0.25) is 0 Å². The van der Waals surface area contributed by atoms with Gasteiger partial charge in [-0.1, -0.05) is 18.9 Å². The largest absolute Gasteiger partial charge is 0.393 e. The lowest BCUT2D eigenvalue weighted by molar-refractivity contribution is 0.0985. The maximum absolute atomic E-state index is 9.54. The Morgan fingerprint density at radius 2 is 2.36 bits per heavy atom. The minimum Gasteiger partial charge on any atom is -0.393 e. The van der Waals surface area contributed by atoms with Crippen LogP contribution in [0.1, 0.15) is 37.0 Å². The summed E-state index contributed by atoms with van der Waals surface area (Å²) in [5, 5.41) is 11.7. The van der Waals surface area contributed by atoms with Crippen LogP contribution in [-0.4, -0.2) is 11.2 Å². The van der Waals surface area contributed by atoms with Gasteiger partial charge in [-0.15, -0.1) is 11.3 Å². The molecule has 2 rings (SSSR count). The van der Waals surface area contributed by atoms with Crippen molar-refractivity contribution in [3.05, 3.63) is 22.4 Å². The van der Waals surface area contributed by atoms with Crippen LogP contribution in [0.2, 0.25) is 0 Å². The zero-order valence-electron chi connectivity index (χ0n) is 8.48. The average molecular weight is 210 g/mol. The van der Waals surface area contributed by atoms with Crippen molar-refractivity contribution in [3.63, 3.8) is 0 Å². The van der Waals surface area contributed by atoms with Crippen LogP contribution in [0.3, 0.4) is 0 Å². The molecule has 0 aromatic carbocycles. The second-order valence-electron chi connectivity index (χ2n) is 4.30. The zero-order valence-corrected chi connectivity index (χ0v) is 9.30. The maximum Gasteiger partial charge on any atom is 0.0542 e. The summed E-state index contributed by atoms with van der Waals surface area (Å²) >= 11 is 1.85. The van der Waals surface area contributed by atoms with Crippen LogP contribution in [0.25, 0.3) is 0 Å². The third-order valence-electron chi connectivity index (χ3n) is 3.13. The minimum atomic E-state index is -0.0166. The highest BCUT2D eigenvalue weighted by atomic mass is 32.1. The smallest absolute Gasteiger partial charge is 0.0542 e. The minimum absolute atomic E-state index is 0.0166. The van der Waals surface area contributed by atoms with E-state index in [0.29, 0.717) is 0 Å². The lowest BCUT2D eigenvalue weighted by atomic mass is 9.84. The van der Waals surface area contributed by atoms with Crippen molar-refractivity contribution in [3.8, 4) is 0 Å². The van der Waals surface area contributed by atoms with Crippen LogP contribution in [0, 0.1) is 5.92 Å². The SMILES string of the molecule is OC1CCCC(CCc2cccs2)C1. The number of aryl methyl sites for hydroxylation is 1. The van der Waals surface area contributed by atoms with E-state index in [-0.39, 0.29) is 6.10 Å². The summed E-state index contributed by atoms with van der Waals surface area (Å²) in [6.45, 7) is 0. The fourth-order valence-electron chi connectivity index (χ4n) is 2.33. The summed E-state index contributed by atoms with van der Waals surface area (Å²) in [4.78, 5) is 1.49. The molecule has 1 fully saturated rings. The molecule has 2 unspecified atom stereocenters. The molecule has 1 aliphatic rings. The van der Waals surface area contributed by atoms with E-state index in [0.717, 1.165) is 18.8 Å². The molecule has 0 bridgehead atoms. The van der Waals surface area contributed by atoms with Gasteiger partial charge in [0.05, 0.1) is 6.10 Å². The summed E-state index contributed by atoms with van der Waals surface area (Å²) in [6, 6.07) is 4.33. The summed E-state index contributed by atoms with van der Waals surface area (Å²) < 4.78 is 0. The van der Waals surface area contributed by atoms with Gasteiger partial charge >= 0.3 is 0 Å². The molecule has 0 saturated heterocycles. The van der Waals surface area contributed by atoms with Crippen molar-refractivity contribution in [2.75, 3.05) is 0 Å². The standard InChI is InChI=1S/C12H18OS/c13-11-4-1-3-10(9-11)6-7-12-5-2-8-14-12/h2,5,8,10-11,13H,1,3-4,6-7,9H2. The highest BCUT2D eigenvalue weighted by Gasteiger charge is 2.19. The summed E-state index contributed by atoms with van der Waals surface area (Å²) in [6.07, 6.45) is 7.05. The number of hydrogen-bond donors (Lipinski definition) is 1. The molecule has 78 valence electrons. The Bertz CT molecular complexity index is 255. The predicted molar refractivity (Wildman–Crippen MR) is 60.6 cm³/mol. The molecular formula is C12H18OS. The van der Waals surface area contributed by atoms with Gasteiger partial charge in [0.15, 0.2) is 0 Å². The predicted octanol–water partition coefficient (Wildman–Crippen LogP) is 3.23. The van der Waals surface area contributed by atoms with Crippen LogP contribution in [0.4, 0.5) is 0 Å². The average Bonchev–Trinajstić information content (AvgIpc) is 2.67. The lowest BCUT2D eigenvalue weighted by Gasteiger charge is -2.25. The summed E-state index contributed by atoms with van der Waals surface area (Å²) in [5.74, 6) is 0.765. The van der Waals surface area contributed by atoms with E-state index in [1.807, 2.05) is 11.3 Å². The molecule has 1 N–H and O–H groups in total. The first-order valence-corrected chi connectivity index (χ1v) is 6.43. The second kappa shape index (κ2) is 4.94. The Hall–Kier alpha value is -0.340. The van der Waals surface area contributed by atoms with Crippen LogP contribution in [0.15, 0.2) is 17.5 Å². The monoisotopic (exact) mass is 210 g/mol. The van der Waals surface area contributed by atoms with E-state index >= 15 is 0 Å². The third kappa shape index (κ3) is 2.82. The van der Waals surface area contributed by atoms with Gasteiger partial charge in [-0.3, -0.25) is 0 Å². The summed E-state index contributed by atoms with van der Waals surface area (Å²) in [5.41, 5.74) is 0. The highest BCUT2D eigenvalue weighted by molar-refractivity contribution is 7.09. The molecule has 1 aliphatic carbocycles. The highest BCUT2D eigenvalue weighted by Crippen LogP contribution is 2.28. The first-order chi connectivity index (χ1) is 6.84. The Morgan fingerprint density at radius 1 is 1.43 bits per heavy atom. The van der Waals surface area contributed by atoms with E-state index in [1.54, 1.807) is 0 Å². The molecule has 2 heteroatoms. The fourth-order valence-corrected chi connectivity index (χ4v) is 3.05. The number of aliphatic hydroxyl groups excluding tert-OH is 1. The third-order valence-corrected chi connectivity index (χ3v) is 4.07. The van der Waals surface area contributed by atoms with Gasteiger partial charge in [0, 0.05) is 4.88 Å². The van der Waals surface area contributed by atoms with Crippen molar-refractivity contribution >= 4 is 11.3 Å². The number of aliphatic hydroxyl groups is 1. The van der Waals surface area contributed by atoms with Gasteiger partial charge in [0.1, 0.15) is 0 Å². The second-order valence-corrected chi connectivity index (χ2v) is 5.34. The molecule has 1 saturated carbocycles. The number of thiophene rings is 1.